The summed E-state index contributed by atoms with van der Waals surface area (Å²) in [6.45, 7) is 6.78. The van der Waals surface area contributed by atoms with Gasteiger partial charge in [0.2, 0.25) is 0 Å². The van der Waals surface area contributed by atoms with Crippen molar-refractivity contribution in [1.82, 2.24) is 4.57 Å². The summed E-state index contributed by atoms with van der Waals surface area (Å²) < 4.78 is 8.36. The standard InChI is InChI=1S/C23H21NO/c1-23(2,3)14-9-10-15-17-12-18-16-7-5-6-8-21(16)25-22(18)13-20(17)24(4)19(15)11-14/h5-13H,1-4H3. The highest BCUT2D eigenvalue weighted by atomic mass is 16.3. The third-order valence-electron chi connectivity index (χ3n) is 5.37. The first kappa shape index (κ1) is 14.6. The van der Waals surface area contributed by atoms with Crippen LogP contribution in [-0.2, 0) is 12.5 Å². The molecule has 0 saturated carbocycles. The van der Waals surface area contributed by atoms with Crippen LogP contribution in [0.25, 0.3) is 43.7 Å². The molecule has 0 N–H and O–H groups in total. The Morgan fingerprint density at radius 2 is 1.48 bits per heavy atom. The van der Waals surface area contributed by atoms with E-state index < -0.39 is 0 Å². The van der Waals surface area contributed by atoms with Gasteiger partial charge in [-0.25, -0.2) is 0 Å². The number of fused-ring (bicyclic) bond motifs is 6. The van der Waals surface area contributed by atoms with Gasteiger partial charge in [0.15, 0.2) is 0 Å². The van der Waals surface area contributed by atoms with Crippen LogP contribution >= 0.6 is 0 Å². The predicted octanol–water partition coefficient (Wildman–Crippen LogP) is 6.53. The molecular formula is C23H21NO. The van der Waals surface area contributed by atoms with Gasteiger partial charge >= 0.3 is 0 Å². The first-order valence-corrected chi connectivity index (χ1v) is 8.77. The van der Waals surface area contributed by atoms with Crippen molar-refractivity contribution in [1.29, 1.82) is 0 Å². The van der Waals surface area contributed by atoms with E-state index in [0.29, 0.717) is 0 Å². The number of hydrogen-bond acceptors (Lipinski definition) is 1. The fourth-order valence-electron chi connectivity index (χ4n) is 3.89. The summed E-state index contributed by atoms with van der Waals surface area (Å²) in [4.78, 5) is 0. The summed E-state index contributed by atoms with van der Waals surface area (Å²) in [5, 5.41) is 4.97. The van der Waals surface area contributed by atoms with Gasteiger partial charge in [-0.15, -0.1) is 0 Å². The number of benzene rings is 3. The summed E-state index contributed by atoms with van der Waals surface area (Å²) in [7, 11) is 2.14. The Labute approximate surface area is 146 Å². The average Bonchev–Trinajstić information content (AvgIpc) is 3.08. The summed E-state index contributed by atoms with van der Waals surface area (Å²) in [5.74, 6) is 0. The van der Waals surface area contributed by atoms with Gasteiger partial charge < -0.3 is 8.98 Å². The summed E-state index contributed by atoms with van der Waals surface area (Å²) in [6, 6.07) is 19.6. The number of hydrogen-bond donors (Lipinski definition) is 0. The maximum absolute atomic E-state index is 6.08. The van der Waals surface area contributed by atoms with Crippen molar-refractivity contribution >= 4 is 43.7 Å². The van der Waals surface area contributed by atoms with Crippen molar-refractivity contribution in [2.24, 2.45) is 7.05 Å². The maximum atomic E-state index is 6.08. The second-order valence-corrected chi connectivity index (χ2v) is 8.00. The minimum atomic E-state index is 0.147. The molecule has 3 aromatic carbocycles. The number of furan rings is 1. The molecule has 0 aliphatic carbocycles. The van der Waals surface area contributed by atoms with Crippen molar-refractivity contribution in [3.05, 3.63) is 60.2 Å². The minimum Gasteiger partial charge on any atom is -0.456 e. The van der Waals surface area contributed by atoms with Crippen LogP contribution in [-0.4, -0.2) is 4.57 Å². The Hall–Kier alpha value is -2.74. The van der Waals surface area contributed by atoms with E-state index in [2.05, 4.69) is 74.9 Å². The summed E-state index contributed by atoms with van der Waals surface area (Å²) >= 11 is 0. The quantitative estimate of drug-likeness (QED) is 0.316. The molecule has 0 spiro atoms. The van der Waals surface area contributed by atoms with Crippen LogP contribution < -0.4 is 0 Å². The molecule has 0 radical (unpaired) electrons. The van der Waals surface area contributed by atoms with Gasteiger partial charge in [-0.3, -0.25) is 0 Å². The molecule has 124 valence electrons. The van der Waals surface area contributed by atoms with Gasteiger partial charge in [0.25, 0.3) is 0 Å². The zero-order valence-electron chi connectivity index (χ0n) is 15.1. The van der Waals surface area contributed by atoms with Crippen molar-refractivity contribution in [3.8, 4) is 0 Å². The molecule has 25 heavy (non-hydrogen) atoms. The molecule has 0 fully saturated rings. The molecule has 2 nitrogen and oxygen atoms in total. The van der Waals surface area contributed by atoms with Crippen LogP contribution in [0.15, 0.2) is 59.0 Å². The van der Waals surface area contributed by atoms with Gasteiger partial charge in [-0.05, 0) is 29.2 Å². The molecular weight excluding hydrogens is 306 g/mol. The number of aromatic nitrogens is 1. The van der Waals surface area contributed by atoms with E-state index in [9.17, 15) is 0 Å². The van der Waals surface area contributed by atoms with E-state index in [1.54, 1.807) is 0 Å². The van der Waals surface area contributed by atoms with Crippen molar-refractivity contribution < 1.29 is 4.42 Å². The van der Waals surface area contributed by atoms with Gasteiger partial charge in [0.1, 0.15) is 11.2 Å². The Kier molecular flexibility index (Phi) is 2.72. The largest absolute Gasteiger partial charge is 0.456 e. The van der Waals surface area contributed by atoms with E-state index >= 15 is 0 Å². The monoisotopic (exact) mass is 327 g/mol. The van der Waals surface area contributed by atoms with Crippen LogP contribution in [0.1, 0.15) is 26.3 Å². The Balaban J connectivity index is 1.92. The van der Waals surface area contributed by atoms with Gasteiger partial charge in [-0.1, -0.05) is 51.1 Å². The van der Waals surface area contributed by atoms with E-state index in [-0.39, 0.29) is 5.41 Å². The molecule has 2 heteroatoms. The maximum Gasteiger partial charge on any atom is 0.137 e. The third-order valence-corrected chi connectivity index (χ3v) is 5.37. The lowest BCUT2D eigenvalue weighted by atomic mass is 9.86. The first-order valence-electron chi connectivity index (χ1n) is 8.77. The summed E-state index contributed by atoms with van der Waals surface area (Å²) in [5.41, 5.74) is 5.91. The number of aryl methyl sites for hydroxylation is 1. The van der Waals surface area contributed by atoms with Crippen LogP contribution in [0.4, 0.5) is 0 Å². The van der Waals surface area contributed by atoms with Crippen LogP contribution in [0.5, 0.6) is 0 Å². The molecule has 2 heterocycles. The Morgan fingerprint density at radius 1 is 0.720 bits per heavy atom. The molecule has 0 unspecified atom stereocenters. The number of rotatable bonds is 0. The second-order valence-electron chi connectivity index (χ2n) is 8.00. The molecule has 0 saturated heterocycles. The van der Waals surface area contributed by atoms with Crippen LogP contribution in [0.2, 0.25) is 0 Å². The SMILES string of the molecule is Cn1c2cc(C(C)(C)C)ccc2c2cc3c(cc21)oc1ccccc13. The number of para-hydroxylation sites is 1. The topological polar surface area (TPSA) is 18.1 Å². The molecule has 0 aliphatic rings. The van der Waals surface area contributed by atoms with Gasteiger partial charge in [0.05, 0.1) is 5.52 Å². The lowest BCUT2D eigenvalue weighted by Gasteiger charge is -2.19. The molecule has 2 aromatic heterocycles. The summed E-state index contributed by atoms with van der Waals surface area (Å²) in [6.07, 6.45) is 0. The molecule has 0 atom stereocenters. The third kappa shape index (κ3) is 1.97. The highest BCUT2D eigenvalue weighted by Gasteiger charge is 2.17. The minimum absolute atomic E-state index is 0.147. The van der Waals surface area contributed by atoms with E-state index in [4.69, 9.17) is 4.42 Å². The highest BCUT2D eigenvalue weighted by Crippen LogP contribution is 2.37. The fourth-order valence-corrected chi connectivity index (χ4v) is 3.89. The smallest absolute Gasteiger partial charge is 0.137 e. The van der Waals surface area contributed by atoms with Crippen LogP contribution in [0, 0.1) is 0 Å². The molecule has 5 rings (SSSR count). The van der Waals surface area contributed by atoms with Crippen molar-refractivity contribution in [2.75, 3.05) is 0 Å². The predicted molar refractivity (Wildman–Crippen MR) is 106 cm³/mol. The zero-order valence-corrected chi connectivity index (χ0v) is 15.1. The lowest BCUT2D eigenvalue weighted by Crippen LogP contribution is -2.10. The second kappa shape index (κ2) is 4.66. The zero-order chi connectivity index (χ0) is 17.3. The normalized spacial score (nSPS) is 12.8. The molecule has 5 aromatic rings. The highest BCUT2D eigenvalue weighted by molar-refractivity contribution is 6.16. The lowest BCUT2D eigenvalue weighted by molar-refractivity contribution is 0.591. The van der Waals surface area contributed by atoms with Crippen molar-refractivity contribution in [3.63, 3.8) is 0 Å². The van der Waals surface area contributed by atoms with E-state index in [0.717, 1.165) is 11.2 Å². The van der Waals surface area contributed by atoms with Crippen molar-refractivity contribution in [2.45, 2.75) is 26.2 Å². The van der Waals surface area contributed by atoms with E-state index in [1.807, 2.05) is 12.1 Å². The fraction of sp³-hybridized carbons (Fsp3) is 0.217. The molecule has 0 amide bonds. The van der Waals surface area contributed by atoms with E-state index in [1.165, 1.54) is 38.1 Å². The average molecular weight is 327 g/mol. The number of nitrogens with zero attached hydrogens (tertiary/aromatic N) is 1. The first-order chi connectivity index (χ1) is 11.9. The van der Waals surface area contributed by atoms with Crippen LogP contribution in [0.3, 0.4) is 0 Å². The molecule has 0 bridgehead atoms. The van der Waals surface area contributed by atoms with Gasteiger partial charge in [0, 0.05) is 40.2 Å². The Morgan fingerprint density at radius 3 is 2.28 bits per heavy atom. The molecule has 0 aliphatic heterocycles. The Bertz CT molecular complexity index is 1280. The van der Waals surface area contributed by atoms with Gasteiger partial charge in [-0.2, -0.15) is 0 Å².